The van der Waals surface area contributed by atoms with E-state index in [1.54, 1.807) is 25.1 Å². The van der Waals surface area contributed by atoms with E-state index in [1.807, 2.05) is 35.2 Å². The zero-order valence-corrected chi connectivity index (χ0v) is 19.4. The molecule has 0 unspecified atom stereocenters. The molecule has 1 heterocycles. The number of piperazine rings is 1. The van der Waals surface area contributed by atoms with Crippen molar-refractivity contribution in [1.82, 2.24) is 10.2 Å². The number of amides is 2. The second kappa shape index (κ2) is 11.5. The maximum Gasteiger partial charge on any atom is 0.257 e. The van der Waals surface area contributed by atoms with Crippen molar-refractivity contribution < 1.29 is 14.3 Å². The van der Waals surface area contributed by atoms with E-state index in [1.165, 1.54) is 0 Å². The molecule has 2 aromatic rings. The Labute approximate surface area is 194 Å². The largest absolute Gasteiger partial charge is 0.494 e. The van der Waals surface area contributed by atoms with Crippen molar-refractivity contribution in [1.29, 1.82) is 0 Å². The van der Waals surface area contributed by atoms with Crippen LogP contribution in [0.2, 0.25) is 0 Å². The third-order valence-electron chi connectivity index (χ3n) is 5.31. The van der Waals surface area contributed by atoms with Crippen LogP contribution < -0.4 is 20.3 Å². The minimum Gasteiger partial charge on any atom is -0.494 e. The number of carbonyl (C=O) groups is 2. The number of rotatable bonds is 7. The van der Waals surface area contributed by atoms with Gasteiger partial charge in [0.05, 0.1) is 18.0 Å². The minimum atomic E-state index is -0.295. The summed E-state index contributed by atoms with van der Waals surface area (Å²) in [6.07, 6.45) is 2.02. The van der Waals surface area contributed by atoms with Crippen LogP contribution in [0.1, 0.15) is 37.0 Å². The lowest BCUT2D eigenvalue weighted by molar-refractivity contribution is -0.129. The molecule has 8 heteroatoms. The van der Waals surface area contributed by atoms with Gasteiger partial charge in [-0.15, -0.1) is 0 Å². The van der Waals surface area contributed by atoms with Crippen LogP contribution in [0.3, 0.4) is 0 Å². The van der Waals surface area contributed by atoms with Gasteiger partial charge in [-0.25, -0.2) is 0 Å². The Bertz CT molecular complexity index is 958. The molecule has 1 saturated heterocycles. The van der Waals surface area contributed by atoms with Crippen molar-refractivity contribution >= 4 is 40.5 Å². The van der Waals surface area contributed by atoms with E-state index < -0.39 is 0 Å². The van der Waals surface area contributed by atoms with Gasteiger partial charge in [0.1, 0.15) is 5.75 Å². The molecule has 0 bridgehead atoms. The molecule has 2 amide bonds. The second-order valence-electron chi connectivity index (χ2n) is 7.65. The Kier molecular flexibility index (Phi) is 8.44. The highest BCUT2D eigenvalue weighted by molar-refractivity contribution is 7.80. The lowest BCUT2D eigenvalue weighted by Crippen LogP contribution is -2.48. The van der Waals surface area contributed by atoms with Crippen LogP contribution in [0.25, 0.3) is 0 Å². The van der Waals surface area contributed by atoms with Crippen LogP contribution in [-0.4, -0.2) is 54.6 Å². The van der Waals surface area contributed by atoms with Gasteiger partial charge in [-0.1, -0.05) is 31.5 Å². The molecule has 0 radical (unpaired) electrons. The predicted molar refractivity (Wildman–Crippen MR) is 131 cm³/mol. The molecule has 1 fully saturated rings. The summed E-state index contributed by atoms with van der Waals surface area (Å²) in [5.41, 5.74) is 2.28. The topological polar surface area (TPSA) is 73.9 Å². The first kappa shape index (κ1) is 23.5. The number of nitrogens with one attached hydrogen (secondary N) is 2. The molecule has 1 aliphatic rings. The van der Waals surface area contributed by atoms with E-state index in [9.17, 15) is 9.59 Å². The zero-order valence-electron chi connectivity index (χ0n) is 18.6. The fourth-order valence-electron chi connectivity index (χ4n) is 3.51. The maximum absolute atomic E-state index is 12.7. The fraction of sp³-hybridized carbons (Fsp3) is 0.375. The molecule has 170 valence electrons. The Morgan fingerprint density at radius 1 is 1.06 bits per heavy atom. The third kappa shape index (κ3) is 6.43. The quantitative estimate of drug-likeness (QED) is 0.491. The predicted octanol–water partition coefficient (Wildman–Crippen LogP) is 3.66. The van der Waals surface area contributed by atoms with Gasteiger partial charge in [-0.2, -0.15) is 0 Å². The number of ether oxygens (including phenoxy) is 1. The number of benzene rings is 2. The molecular formula is C24H30N4O3S. The standard InChI is InChI=1S/C24H30N4O3S/c1-3-4-16-31-20-9-7-8-19(17-20)23(30)26-24(32)25-21-10-5-6-11-22(21)28-14-12-27(13-15-28)18(2)29/h5-11,17H,3-4,12-16H2,1-2H3,(H2,25,26,30,32). The van der Waals surface area contributed by atoms with E-state index in [-0.39, 0.29) is 16.9 Å². The van der Waals surface area contributed by atoms with E-state index in [0.717, 1.165) is 37.3 Å². The number of carbonyl (C=O) groups excluding carboxylic acids is 2. The highest BCUT2D eigenvalue weighted by Crippen LogP contribution is 2.26. The summed E-state index contributed by atoms with van der Waals surface area (Å²) in [6.45, 7) is 7.16. The lowest BCUT2D eigenvalue weighted by Gasteiger charge is -2.36. The lowest BCUT2D eigenvalue weighted by atomic mass is 10.2. The van der Waals surface area contributed by atoms with Crippen molar-refractivity contribution in [2.75, 3.05) is 43.0 Å². The summed E-state index contributed by atoms with van der Waals surface area (Å²) in [5.74, 6) is 0.468. The first-order valence-corrected chi connectivity index (χ1v) is 11.3. The van der Waals surface area contributed by atoms with Gasteiger partial charge in [0.2, 0.25) is 5.91 Å². The Balaban J connectivity index is 1.60. The molecule has 2 N–H and O–H groups in total. The summed E-state index contributed by atoms with van der Waals surface area (Å²) >= 11 is 5.40. The summed E-state index contributed by atoms with van der Waals surface area (Å²) in [4.78, 5) is 28.3. The zero-order chi connectivity index (χ0) is 22.9. The molecule has 0 aliphatic carbocycles. The van der Waals surface area contributed by atoms with Crippen LogP contribution in [0.15, 0.2) is 48.5 Å². The first-order chi connectivity index (χ1) is 15.5. The van der Waals surface area contributed by atoms with Crippen LogP contribution in [0, 0.1) is 0 Å². The number of anilines is 2. The maximum atomic E-state index is 12.7. The Hall–Kier alpha value is -3.13. The summed E-state index contributed by atoms with van der Waals surface area (Å²) in [7, 11) is 0. The van der Waals surface area contributed by atoms with Gasteiger partial charge in [-0.05, 0) is 49.0 Å². The average molecular weight is 455 g/mol. The molecular weight excluding hydrogens is 424 g/mol. The molecule has 2 aromatic carbocycles. The summed E-state index contributed by atoms with van der Waals surface area (Å²) in [5, 5.41) is 6.11. The van der Waals surface area contributed by atoms with E-state index >= 15 is 0 Å². The number of hydrogen-bond acceptors (Lipinski definition) is 5. The Morgan fingerprint density at radius 2 is 1.81 bits per heavy atom. The molecule has 0 saturated carbocycles. The third-order valence-corrected chi connectivity index (χ3v) is 5.51. The smallest absolute Gasteiger partial charge is 0.257 e. The number of hydrogen-bond donors (Lipinski definition) is 2. The van der Waals surface area contributed by atoms with Crippen LogP contribution in [0.4, 0.5) is 11.4 Å². The highest BCUT2D eigenvalue weighted by Gasteiger charge is 2.21. The SMILES string of the molecule is CCCCOc1cccc(C(=O)NC(=S)Nc2ccccc2N2CCN(C(C)=O)CC2)c1. The fourth-order valence-corrected chi connectivity index (χ4v) is 3.71. The Morgan fingerprint density at radius 3 is 2.53 bits per heavy atom. The number of thiocarbonyl (C=S) groups is 1. The minimum absolute atomic E-state index is 0.0970. The molecule has 32 heavy (non-hydrogen) atoms. The first-order valence-electron chi connectivity index (χ1n) is 10.9. The van der Waals surface area contributed by atoms with Gasteiger partial charge < -0.3 is 19.9 Å². The van der Waals surface area contributed by atoms with Crippen molar-refractivity contribution in [2.45, 2.75) is 26.7 Å². The van der Waals surface area contributed by atoms with Crippen molar-refractivity contribution in [3.8, 4) is 5.75 Å². The van der Waals surface area contributed by atoms with Gasteiger partial charge in [0.15, 0.2) is 5.11 Å². The van der Waals surface area contributed by atoms with E-state index in [0.29, 0.717) is 31.0 Å². The number of nitrogens with zero attached hydrogens (tertiary/aromatic N) is 2. The van der Waals surface area contributed by atoms with Crippen molar-refractivity contribution in [2.24, 2.45) is 0 Å². The summed E-state index contributed by atoms with van der Waals surface area (Å²) < 4.78 is 5.68. The van der Waals surface area contributed by atoms with Gasteiger partial charge >= 0.3 is 0 Å². The molecule has 0 atom stereocenters. The van der Waals surface area contributed by atoms with Crippen molar-refractivity contribution in [3.63, 3.8) is 0 Å². The van der Waals surface area contributed by atoms with Crippen LogP contribution in [0.5, 0.6) is 5.75 Å². The highest BCUT2D eigenvalue weighted by atomic mass is 32.1. The normalized spacial score (nSPS) is 13.4. The molecule has 0 spiro atoms. The molecule has 1 aliphatic heterocycles. The average Bonchev–Trinajstić information content (AvgIpc) is 2.80. The van der Waals surface area contributed by atoms with Crippen LogP contribution in [-0.2, 0) is 4.79 Å². The molecule has 0 aromatic heterocycles. The number of para-hydroxylation sites is 2. The van der Waals surface area contributed by atoms with Crippen LogP contribution >= 0.6 is 12.2 Å². The summed E-state index contributed by atoms with van der Waals surface area (Å²) in [6, 6.07) is 14.9. The molecule has 3 rings (SSSR count). The van der Waals surface area contributed by atoms with E-state index in [2.05, 4.69) is 22.5 Å². The molecule has 7 nitrogen and oxygen atoms in total. The van der Waals surface area contributed by atoms with Gasteiger partial charge in [-0.3, -0.25) is 14.9 Å². The number of unbranched alkanes of at least 4 members (excludes halogenated alkanes) is 1. The van der Waals surface area contributed by atoms with Gasteiger partial charge in [0.25, 0.3) is 5.91 Å². The second-order valence-corrected chi connectivity index (χ2v) is 8.06. The monoisotopic (exact) mass is 454 g/mol. The van der Waals surface area contributed by atoms with Crippen molar-refractivity contribution in [3.05, 3.63) is 54.1 Å². The van der Waals surface area contributed by atoms with Gasteiger partial charge in [0, 0.05) is 38.7 Å². The van der Waals surface area contributed by atoms with E-state index in [4.69, 9.17) is 17.0 Å².